The van der Waals surface area contributed by atoms with Gasteiger partial charge in [-0.2, -0.15) is 0 Å². The molecule has 31 heavy (non-hydrogen) atoms. The molecule has 9 heteroatoms. The Hall–Kier alpha value is -2.06. The average Bonchev–Trinajstić information content (AvgIpc) is 3.49. The van der Waals surface area contributed by atoms with Crippen LogP contribution in [-0.4, -0.2) is 51.1 Å². The quantitative estimate of drug-likeness (QED) is 0.645. The maximum atomic E-state index is 13.4. The minimum atomic E-state index is -2.53. The molecule has 1 amide bonds. The number of amides is 1. The number of alkyl halides is 2. The number of halogens is 3. The van der Waals surface area contributed by atoms with E-state index in [-0.39, 0.29) is 18.7 Å². The first kappa shape index (κ1) is 22.1. The smallest absolute Gasteiger partial charge is 0.250 e. The van der Waals surface area contributed by atoms with Gasteiger partial charge in [-0.25, -0.2) is 8.78 Å². The number of nitrogens with zero attached hydrogens (tertiary/aromatic N) is 4. The third kappa shape index (κ3) is 5.60. The molecule has 0 spiro atoms. The van der Waals surface area contributed by atoms with Crippen LogP contribution in [0.3, 0.4) is 0 Å². The number of piperidine rings is 1. The van der Waals surface area contributed by atoms with Gasteiger partial charge in [-0.05, 0) is 37.5 Å². The summed E-state index contributed by atoms with van der Waals surface area (Å²) in [5.41, 5.74) is 1.56. The van der Waals surface area contributed by atoms with E-state index in [1.165, 1.54) is 0 Å². The van der Waals surface area contributed by atoms with Crippen LogP contribution in [-0.2, 0) is 17.6 Å². The molecule has 0 atom stereocenters. The Morgan fingerprint density at radius 2 is 1.87 bits per heavy atom. The first-order valence-corrected chi connectivity index (χ1v) is 11.3. The minimum Gasteiger partial charge on any atom is -0.326 e. The zero-order valence-electron chi connectivity index (χ0n) is 17.7. The first-order valence-electron chi connectivity index (χ1n) is 10.9. The summed E-state index contributed by atoms with van der Waals surface area (Å²) in [5.74, 6) is -0.907. The number of aromatic nitrogens is 3. The van der Waals surface area contributed by atoms with Gasteiger partial charge in [0.15, 0.2) is 0 Å². The summed E-state index contributed by atoms with van der Waals surface area (Å²) in [6.07, 6.45) is 3.51. The second-order valence-corrected chi connectivity index (χ2v) is 8.95. The van der Waals surface area contributed by atoms with Crippen molar-refractivity contribution in [2.75, 3.05) is 25.0 Å². The van der Waals surface area contributed by atoms with E-state index < -0.39 is 5.92 Å². The van der Waals surface area contributed by atoms with Gasteiger partial charge >= 0.3 is 0 Å². The van der Waals surface area contributed by atoms with Crippen LogP contribution in [0.5, 0.6) is 0 Å². The van der Waals surface area contributed by atoms with Crippen molar-refractivity contribution in [2.45, 2.75) is 63.8 Å². The van der Waals surface area contributed by atoms with Crippen molar-refractivity contribution < 1.29 is 13.6 Å². The van der Waals surface area contributed by atoms with Crippen molar-refractivity contribution in [1.29, 1.82) is 0 Å². The fraction of sp³-hybridized carbons (Fsp3) is 0.591. The first-order chi connectivity index (χ1) is 14.8. The van der Waals surface area contributed by atoms with Gasteiger partial charge < -0.3 is 14.8 Å². The van der Waals surface area contributed by atoms with Crippen molar-refractivity contribution in [3.8, 4) is 0 Å². The Bertz CT molecular complexity index is 934. The molecule has 2 heterocycles. The van der Waals surface area contributed by atoms with Crippen LogP contribution in [0.25, 0.3) is 0 Å². The molecule has 1 aromatic carbocycles. The number of carbonyl (C=O) groups excluding carboxylic acids is 1. The van der Waals surface area contributed by atoms with Crippen molar-refractivity contribution in [2.24, 2.45) is 0 Å². The van der Waals surface area contributed by atoms with E-state index in [2.05, 4.69) is 25.0 Å². The van der Waals surface area contributed by atoms with E-state index in [9.17, 15) is 13.6 Å². The maximum Gasteiger partial charge on any atom is 0.250 e. The molecular weight excluding hydrogens is 424 g/mol. The molecule has 1 aliphatic carbocycles. The number of hydrogen-bond donors (Lipinski definition) is 1. The van der Waals surface area contributed by atoms with Crippen LogP contribution in [0.1, 0.15) is 55.4 Å². The number of benzene rings is 1. The molecule has 1 aliphatic heterocycles. The average molecular weight is 452 g/mol. The van der Waals surface area contributed by atoms with Crippen LogP contribution >= 0.6 is 11.6 Å². The molecule has 2 fully saturated rings. The van der Waals surface area contributed by atoms with Crippen molar-refractivity contribution in [3.63, 3.8) is 0 Å². The number of aryl methyl sites for hydroxylation is 1. The number of likely N-dealkylation sites (tertiary alicyclic amines) is 1. The summed E-state index contributed by atoms with van der Waals surface area (Å²) in [6.45, 7) is 3.41. The lowest BCUT2D eigenvalue weighted by atomic mass is 10.1. The molecule has 1 saturated carbocycles. The second-order valence-electron chi connectivity index (χ2n) is 8.54. The van der Waals surface area contributed by atoms with Crippen molar-refractivity contribution >= 4 is 23.2 Å². The number of hydrogen-bond acceptors (Lipinski definition) is 4. The molecule has 2 aliphatic rings. The molecular formula is C22H28ClF2N5O. The predicted molar refractivity (Wildman–Crippen MR) is 116 cm³/mol. The Morgan fingerprint density at radius 3 is 2.55 bits per heavy atom. The number of carbonyl (C=O) groups is 1. The minimum absolute atomic E-state index is 0.0746. The number of nitrogens with one attached hydrogen (secondary N) is 1. The molecule has 0 bridgehead atoms. The SMILES string of the molecule is Cc1c(Cl)cccc1NC(=O)CCc1nnc(CCN2CCC(F)(F)CC2)n1C1CC1. The Morgan fingerprint density at radius 1 is 1.19 bits per heavy atom. The van der Waals surface area contributed by atoms with Gasteiger partial charge in [0, 0.05) is 68.5 Å². The Kier molecular flexibility index (Phi) is 6.57. The molecule has 168 valence electrons. The van der Waals surface area contributed by atoms with Crippen LogP contribution in [0.15, 0.2) is 18.2 Å². The van der Waals surface area contributed by atoms with E-state index in [0.29, 0.717) is 55.6 Å². The van der Waals surface area contributed by atoms with E-state index in [1.54, 1.807) is 6.07 Å². The summed E-state index contributed by atoms with van der Waals surface area (Å²) < 4.78 is 28.9. The lowest BCUT2D eigenvalue weighted by Gasteiger charge is -2.31. The molecule has 1 N–H and O–H groups in total. The summed E-state index contributed by atoms with van der Waals surface area (Å²) in [5, 5.41) is 12.3. The van der Waals surface area contributed by atoms with E-state index in [4.69, 9.17) is 11.6 Å². The molecule has 6 nitrogen and oxygen atoms in total. The highest BCUT2D eigenvalue weighted by molar-refractivity contribution is 6.31. The Balaban J connectivity index is 1.33. The molecule has 4 rings (SSSR count). The summed E-state index contributed by atoms with van der Waals surface area (Å²) in [4.78, 5) is 14.5. The van der Waals surface area contributed by atoms with Gasteiger partial charge in [0.05, 0.1) is 0 Å². The van der Waals surface area contributed by atoms with Gasteiger partial charge in [0.1, 0.15) is 11.6 Å². The van der Waals surface area contributed by atoms with Crippen molar-refractivity contribution in [1.82, 2.24) is 19.7 Å². The van der Waals surface area contributed by atoms with Gasteiger partial charge in [0.25, 0.3) is 5.92 Å². The third-order valence-corrected chi connectivity index (χ3v) is 6.52. The monoisotopic (exact) mass is 451 g/mol. The molecule has 1 saturated heterocycles. The normalized spacial score (nSPS) is 18.8. The van der Waals surface area contributed by atoms with Gasteiger partial charge in [-0.15, -0.1) is 10.2 Å². The van der Waals surface area contributed by atoms with Crippen LogP contribution in [0.4, 0.5) is 14.5 Å². The maximum absolute atomic E-state index is 13.4. The van der Waals surface area contributed by atoms with E-state index >= 15 is 0 Å². The third-order valence-electron chi connectivity index (χ3n) is 6.11. The number of rotatable bonds is 8. The standard InChI is InChI=1S/C22H28ClF2N5O/c1-15-17(23)3-2-4-18(15)26-21(31)8-7-19-27-28-20(30(19)16-5-6-16)9-12-29-13-10-22(24,25)11-14-29/h2-4,16H,5-14H2,1H3,(H,26,31). The zero-order chi connectivity index (χ0) is 22.0. The molecule has 1 aromatic heterocycles. The molecule has 2 aromatic rings. The van der Waals surface area contributed by atoms with Gasteiger partial charge in [0.2, 0.25) is 5.91 Å². The fourth-order valence-corrected chi connectivity index (χ4v) is 4.17. The summed E-state index contributed by atoms with van der Waals surface area (Å²) in [7, 11) is 0. The highest BCUT2D eigenvalue weighted by Gasteiger charge is 2.34. The zero-order valence-corrected chi connectivity index (χ0v) is 18.5. The van der Waals surface area contributed by atoms with Crippen LogP contribution in [0, 0.1) is 6.92 Å². The molecule has 0 unspecified atom stereocenters. The predicted octanol–water partition coefficient (Wildman–Crippen LogP) is 4.42. The van der Waals surface area contributed by atoms with E-state index in [1.807, 2.05) is 19.1 Å². The number of anilines is 1. The molecule has 0 radical (unpaired) electrons. The lowest BCUT2D eigenvalue weighted by molar-refractivity contribution is -0.116. The van der Waals surface area contributed by atoms with E-state index in [0.717, 1.165) is 30.1 Å². The fourth-order valence-electron chi connectivity index (χ4n) is 4.00. The van der Waals surface area contributed by atoms with Crippen LogP contribution < -0.4 is 5.32 Å². The highest BCUT2D eigenvalue weighted by Crippen LogP contribution is 2.37. The largest absolute Gasteiger partial charge is 0.326 e. The van der Waals surface area contributed by atoms with Crippen LogP contribution in [0.2, 0.25) is 5.02 Å². The van der Waals surface area contributed by atoms with Gasteiger partial charge in [-0.3, -0.25) is 4.79 Å². The van der Waals surface area contributed by atoms with Gasteiger partial charge in [-0.1, -0.05) is 17.7 Å². The Labute approximate surface area is 186 Å². The second kappa shape index (κ2) is 9.20. The topological polar surface area (TPSA) is 63.1 Å². The summed E-state index contributed by atoms with van der Waals surface area (Å²) >= 11 is 6.12. The van der Waals surface area contributed by atoms with Crippen molar-refractivity contribution in [3.05, 3.63) is 40.4 Å². The lowest BCUT2D eigenvalue weighted by Crippen LogP contribution is -2.40. The highest BCUT2D eigenvalue weighted by atomic mass is 35.5. The summed E-state index contributed by atoms with van der Waals surface area (Å²) in [6, 6.07) is 5.83.